The van der Waals surface area contributed by atoms with Gasteiger partial charge in [-0.15, -0.1) is 0 Å². The molecule has 0 aliphatic heterocycles. The van der Waals surface area contributed by atoms with Crippen LogP contribution in [0.5, 0.6) is 0 Å². The largest absolute Gasteiger partial charge is 0.377 e. The van der Waals surface area contributed by atoms with Crippen molar-refractivity contribution in [3.05, 3.63) is 45.7 Å². The smallest absolute Gasteiger partial charge is 0.101 e. The number of hydrogen-bond donors (Lipinski definition) is 1. The number of nitrogens with zero attached hydrogens (tertiary/aromatic N) is 3. The number of rotatable bonds is 3. The molecule has 0 saturated heterocycles. The molecular weight excluding hydrogens is 304 g/mol. The maximum absolute atomic E-state index is 9.16. The van der Waals surface area contributed by atoms with Gasteiger partial charge in [-0.1, -0.05) is 15.9 Å². The molecule has 5 heteroatoms. The Morgan fingerprint density at radius 3 is 2.79 bits per heavy atom. The van der Waals surface area contributed by atoms with E-state index in [0.717, 1.165) is 21.4 Å². The van der Waals surface area contributed by atoms with Crippen LogP contribution in [0.2, 0.25) is 0 Å². The van der Waals surface area contributed by atoms with E-state index in [1.54, 1.807) is 4.68 Å². The van der Waals surface area contributed by atoms with Gasteiger partial charge in [0.15, 0.2) is 0 Å². The summed E-state index contributed by atoms with van der Waals surface area (Å²) in [6.07, 6.45) is 2.00. The molecule has 0 spiro atoms. The first-order valence-electron chi connectivity index (χ1n) is 5.97. The van der Waals surface area contributed by atoms with Gasteiger partial charge in [0.1, 0.15) is 6.07 Å². The van der Waals surface area contributed by atoms with E-state index in [9.17, 15) is 0 Å². The third-order valence-corrected chi connectivity index (χ3v) is 3.49. The molecular formula is C14H15BrN4. The van der Waals surface area contributed by atoms with Crippen LogP contribution in [0.25, 0.3) is 0 Å². The van der Waals surface area contributed by atoms with Crippen LogP contribution in [-0.2, 0) is 7.05 Å². The molecule has 1 aromatic heterocycles. The van der Waals surface area contributed by atoms with Gasteiger partial charge in [0.25, 0.3) is 0 Å². The predicted molar refractivity (Wildman–Crippen MR) is 78.8 cm³/mol. The SMILES string of the molecule is Cc1nn(C)cc1C(C)Nc1ccc(Br)cc1C#N. The predicted octanol–water partition coefficient (Wildman–Crippen LogP) is 3.54. The molecule has 2 rings (SSSR count). The lowest BCUT2D eigenvalue weighted by molar-refractivity contribution is 0.756. The average Bonchev–Trinajstić information content (AvgIpc) is 2.70. The van der Waals surface area contributed by atoms with Crippen molar-refractivity contribution >= 4 is 21.6 Å². The van der Waals surface area contributed by atoms with Crippen molar-refractivity contribution < 1.29 is 0 Å². The molecule has 0 aliphatic carbocycles. The van der Waals surface area contributed by atoms with Crippen LogP contribution in [0.15, 0.2) is 28.9 Å². The van der Waals surface area contributed by atoms with Crippen molar-refractivity contribution in [3.8, 4) is 6.07 Å². The van der Waals surface area contributed by atoms with Gasteiger partial charge in [0.2, 0.25) is 0 Å². The summed E-state index contributed by atoms with van der Waals surface area (Å²) in [6.45, 7) is 4.05. The zero-order chi connectivity index (χ0) is 14.0. The zero-order valence-corrected chi connectivity index (χ0v) is 12.7. The lowest BCUT2D eigenvalue weighted by Gasteiger charge is -2.15. The number of halogens is 1. The summed E-state index contributed by atoms with van der Waals surface area (Å²) in [4.78, 5) is 0. The molecule has 98 valence electrons. The molecule has 19 heavy (non-hydrogen) atoms. The van der Waals surface area contributed by atoms with Crippen LogP contribution < -0.4 is 5.32 Å². The van der Waals surface area contributed by atoms with E-state index >= 15 is 0 Å². The third-order valence-electron chi connectivity index (χ3n) is 2.99. The highest BCUT2D eigenvalue weighted by atomic mass is 79.9. The fourth-order valence-corrected chi connectivity index (χ4v) is 2.45. The van der Waals surface area contributed by atoms with E-state index in [1.165, 1.54) is 0 Å². The van der Waals surface area contributed by atoms with Crippen LogP contribution in [0.3, 0.4) is 0 Å². The van der Waals surface area contributed by atoms with Gasteiger partial charge in [-0.2, -0.15) is 10.4 Å². The summed E-state index contributed by atoms with van der Waals surface area (Å²) in [5.41, 5.74) is 3.59. The van der Waals surface area contributed by atoms with Gasteiger partial charge < -0.3 is 5.32 Å². The van der Waals surface area contributed by atoms with Crippen molar-refractivity contribution in [1.29, 1.82) is 5.26 Å². The molecule has 0 aliphatic rings. The normalized spacial score (nSPS) is 11.9. The van der Waals surface area contributed by atoms with Gasteiger partial charge in [-0.05, 0) is 32.0 Å². The Morgan fingerprint density at radius 1 is 1.47 bits per heavy atom. The number of nitriles is 1. The fraction of sp³-hybridized carbons (Fsp3) is 0.286. The number of hydrogen-bond acceptors (Lipinski definition) is 3. The number of anilines is 1. The number of nitrogens with one attached hydrogen (secondary N) is 1. The summed E-state index contributed by atoms with van der Waals surface area (Å²) < 4.78 is 2.70. The van der Waals surface area contributed by atoms with E-state index in [1.807, 2.05) is 38.4 Å². The molecule has 4 nitrogen and oxygen atoms in total. The molecule has 0 fully saturated rings. The molecule has 0 radical (unpaired) electrons. The van der Waals surface area contributed by atoms with E-state index in [0.29, 0.717) is 5.56 Å². The van der Waals surface area contributed by atoms with Crippen molar-refractivity contribution in [1.82, 2.24) is 9.78 Å². The van der Waals surface area contributed by atoms with E-state index in [-0.39, 0.29) is 6.04 Å². The Hall–Kier alpha value is -1.80. The quantitative estimate of drug-likeness (QED) is 0.941. The summed E-state index contributed by atoms with van der Waals surface area (Å²) in [7, 11) is 1.91. The second-order valence-electron chi connectivity index (χ2n) is 4.51. The second-order valence-corrected chi connectivity index (χ2v) is 5.43. The summed E-state index contributed by atoms with van der Waals surface area (Å²) in [6, 6.07) is 7.94. The highest BCUT2D eigenvalue weighted by Crippen LogP contribution is 2.25. The molecule has 0 saturated carbocycles. The second kappa shape index (κ2) is 5.45. The van der Waals surface area contributed by atoms with Crippen molar-refractivity contribution in [3.63, 3.8) is 0 Å². The first-order valence-corrected chi connectivity index (χ1v) is 6.77. The minimum absolute atomic E-state index is 0.0991. The van der Waals surface area contributed by atoms with Crippen molar-refractivity contribution in [2.24, 2.45) is 7.05 Å². The topological polar surface area (TPSA) is 53.6 Å². The van der Waals surface area contributed by atoms with Gasteiger partial charge in [-0.3, -0.25) is 4.68 Å². The Morgan fingerprint density at radius 2 is 2.21 bits per heavy atom. The highest BCUT2D eigenvalue weighted by molar-refractivity contribution is 9.10. The minimum atomic E-state index is 0.0991. The van der Waals surface area contributed by atoms with Gasteiger partial charge in [0, 0.05) is 23.3 Å². The van der Waals surface area contributed by atoms with Crippen LogP contribution in [0, 0.1) is 18.3 Å². The lowest BCUT2D eigenvalue weighted by Crippen LogP contribution is -2.08. The Labute approximate surface area is 121 Å². The first-order chi connectivity index (χ1) is 9.01. The summed E-state index contributed by atoms with van der Waals surface area (Å²) in [5, 5.41) is 16.9. The maximum atomic E-state index is 9.16. The van der Waals surface area contributed by atoms with Crippen LogP contribution in [0.4, 0.5) is 5.69 Å². The molecule has 1 unspecified atom stereocenters. The third kappa shape index (κ3) is 2.96. The monoisotopic (exact) mass is 318 g/mol. The van der Waals surface area contributed by atoms with Crippen molar-refractivity contribution in [2.75, 3.05) is 5.32 Å². The van der Waals surface area contributed by atoms with Crippen LogP contribution in [0.1, 0.15) is 29.8 Å². The molecule has 1 heterocycles. The highest BCUT2D eigenvalue weighted by Gasteiger charge is 2.13. The Balaban J connectivity index is 2.27. The van der Waals surface area contributed by atoms with E-state index < -0.39 is 0 Å². The summed E-state index contributed by atoms with van der Waals surface area (Å²) >= 11 is 3.37. The molecule has 2 aromatic rings. The molecule has 1 aromatic carbocycles. The number of aryl methyl sites for hydroxylation is 2. The standard InChI is InChI=1S/C14H15BrN4/c1-9(13-8-19(3)18-10(13)2)17-14-5-4-12(15)6-11(14)7-16/h4-6,8-9,17H,1-3H3. The number of benzene rings is 1. The first kappa shape index (κ1) is 13.6. The lowest BCUT2D eigenvalue weighted by atomic mass is 10.1. The Bertz CT molecular complexity index is 639. The minimum Gasteiger partial charge on any atom is -0.377 e. The van der Waals surface area contributed by atoms with Crippen molar-refractivity contribution in [2.45, 2.75) is 19.9 Å². The number of aromatic nitrogens is 2. The molecule has 1 atom stereocenters. The zero-order valence-electron chi connectivity index (χ0n) is 11.1. The molecule has 0 amide bonds. The molecule has 0 bridgehead atoms. The molecule has 1 N–H and O–H groups in total. The van der Waals surface area contributed by atoms with Gasteiger partial charge >= 0.3 is 0 Å². The Kier molecular flexibility index (Phi) is 3.91. The van der Waals surface area contributed by atoms with Crippen LogP contribution >= 0.6 is 15.9 Å². The van der Waals surface area contributed by atoms with E-state index in [4.69, 9.17) is 5.26 Å². The average molecular weight is 319 g/mol. The van der Waals surface area contributed by atoms with Gasteiger partial charge in [-0.25, -0.2) is 0 Å². The fourth-order valence-electron chi connectivity index (χ4n) is 2.09. The van der Waals surface area contributed by atoms with E-state index in [2.05, 4.69) is 39.3 Å². The maximum Gasteiger partial charge on any atom is 0.101 e. The van der Waals surface area contributed by atoms with Crippen LogP contribution in [-0.4, -0.2) is 9.78 Å². The summed E-state index contributed by atoms with van der Waals surface area (Å²) in [5.74, 6) is 0. The van der Waals surface area contributed by atoms with Gasteiger partial charge in [0.05, 0.1) is 23.0 Å².